The highest BCUT2D eigenvalue weighted by atomic mass is 79.9. The Morgan fingerprint density at radius 2 is 2.31 bits per heavy atom. The molecule has 0 aliphatic carbocycles. The van der Waals surface area contributed by atoms with Gasteiger partial charge in [-0.25, -0.2) is 4.98 Å². The van der Waals surface area contributed by atoms with Gasteiger partial charge in [0.1, 0.15) is 5.65 Å². The predicted molar refractivity (Wildman–Crippen MR) is 53.1 cm³/mol. The molecule has 0 atom stereocenters. The number of hydrogen-bond acceptors (Lipinski definition) is 1. The zero-order valence-electron chi connectivity index (χ0n) is 7.09. The summed E-state index contributed by atoms with van der Waals surface area (Å²) in [5, 5.41) is 0.947. The third-order valence-corrected chi connectivity index (χ3v) is 2.61. The Morgan fingerprint density at radius 3 is 3.00 bits per heavy atom. The van der Waals surface area contributed by atoms with Crippen molar-refractivity contribution in [2.24, 2.45) is 0 Å². The molecule has 0 fully saturated rings. The highest BCUT2D eigenvalue weighted by Crippen LogP contribution is 2.24. The Balaban J connectivity index is 2.81. The molecule has 0 aliphatic heterocycles. The molecule has 2 rings (SSSR count). The molecule has 0 spiro atoms. The van der Waals surface area contributed by atoms with Crippen LogP contribution in [0.5, 0.6) is 0 Å². The van der Waals surface area contributed by atoms with Crippen LogP contribution in [-0.4, -0.2) is 9.55 Å². The standard InChI is InChI=1S/C9H8BrFN2/c1-2-13-5-7(10)6-3-4-8(11)12-9(6)13/h3-5H,2H2,1H3. The molecule has 13 heavy (non-hydrogen) atoms. The van der Waals surface area contributed by atoms with Gasteiger partial charge in [0.05, 0.1) is 0 Å². The lowest BCUT2D eigenvalue weighted by molar-refractivity contribution is 0.585. The molecule has 2 aromatic rings. The zero-order valence-corrected chi connectivity index (χ0v) is 8.68. The fraction of sp³-hybridized carbons (Fsp3) is 0.222. The van der Waals surface area contributed by atoms with Crippen LogP contribution in [-0.2, 0) is 6.54 Å². The lowest BCUT2D eigenvalue weighted by Crippen LogP contribution is -1.94. The first-order valence-electron chi connectivity index (χ1n) is 4.03. The molecule has 0 bridgehead atoms. The van der Waals surface area contributed by atoms with E-state index >= 15 is 0 Å². The number of rotatable bonds is 1. The fourth-order valence-corrected chi connectivity index (χ4v) is 1.90. The summed E-state index contributed by atoms with van der Waals surface area (Å²) in [6.07, 6.45) is 1.91. The summed E-state index contributed by atoms with van der Waals surface area (Å²) < 4.78 is 15.7. The maximum absolute atomic E-state index is 12.8. The number of nitrogens with zero attached hydrogens (tertiary/aromatic N) is 2. The third kappa shape index (κ3) is 1.35. The van der Waals surface area contributed by atoms with Gasteiger partial charge in [-0.05, 0) is 35.0 Å². The van der Waals surface area contributed by atoms with Crippen molar-refractivity contribution in [3.63, 3.8) is 0 Å². The van der Waals surface area contributed by atoms with Gasteiger partial charge in [0.15, 0.2) is 0 Å². The van der Waals surface area contributed by atoms with E-state index in [0.717, 1.165) is 16.4 Å². The van der Waals surface area contributed by atoms with E-state index in [1.54, 1.807) is 6.07 Å². The van der Waals surface area contributed by atoms with Crippen LogP contribution in [0.15, 0.2) is 22.8 Å². The minimum absolute atomic E-state index is 0.437. The van der Waals surface area contributed by atoms with E-state index in [9.17, 15) is 4.39 Å². The van der Waals surface area contributed by atoms with Crippen molar-refractivity contribution in [2.45, 2.75) is 13.5 Å². The van der Waals surface area contributed by atoms with Gasteiger partial charge in [-0.15, -0.1) is 0 Å². The van der Waals surface area contributed by atoms with Crippen LogP contribution < -0.4 is 0 Å². The summed E-state index contributed by atoms with van der Waals surface area (Å²) in [5.41, 5.74) is 0.689. The largest absolute Gasteiger partial charge is 0.332 e. The van der Waals surface area contributed by atoms with Crippen LogP contribution in [0.1, 0.15) is 6.92 Å². The quantitative estimate of drug-likeness (QED) is 0.704. The molecular formula is C9H8BrFN2. The van der Waals surface area contributed by atoms with Crippen molar-refractivity contribution in [1.29, 1.82) is 0 Å². The molecule has 0 unspecified atom stereocenters. The molecule has 0 aliphatic rings. The summed E-state index contributed by atoms with van der Waals surface area (Å²) in [7, 11) is 0. The Labute approximate surface area is 83.5 Å². The van der Waals surface area contributed by atoms with Gasteiger partial charge < -0.3 is 4.57 Å². The average molecular weight is 243 g/mol. The number of halogens is 2. The molecule has 0 aromatic carbocycles. The minimum atomic E-state index is -0.437. The summed E-state index contributed by atoms with van der Waals surface area (Å²) >= 11 is 3.40. The lowest BCUT2D eigenvalue weighted by Gasteiger charge is -1.97. The molecule has 2 aromatic heterocycles. The second-order valence-corrected chi connectivity index (χ2v) is 3.62. The molecule has 2 nitrogen and oxygen atoms in total. The summed E-state index contributed by atoms with van der Waals surface area (Å²) in [4.78, 5) is 3.83. The van der Waals surface area contributed by atoms with Crippen LogP contribution in [0.25, 0.3) is 11.0 Å². The van der Waals surface area contributed by atoms with E-state index in [1.165, 1.54) is 6.07 Å². The Bertz CT molecular complexity index is 450. The highest BCUT2D eigenvalue weighted by molar-refractivity contribution is 9.10. The van der Waals surface area contributed by atoms with Gasteiger partial charge in [-0.3, -0.25) is 0 Å². The van der Waals surface area contributed by atoms with Crippen LogP contribution in [0.3, 0.4) is 0 Å². The Hall–Kier alpha value is -0.900. The van der Waals surface area contributed by atoms with Crippen molar-refractivity contribution in [1.82, 2.24) is 9.55 Å². The molecule has 0 N–H and O–H groups in total. The number of aryl methyl sites for hydroxylation is 1. The number of pyridine rings is 1. The molecular weight excluding hydrogens is 235 g/mol. The van der Waals surface area contributed by atoms with Crippen LogP contribution in [0.2, 0.25) is 0 Å². The Morgan fingerprint density at radius 1 is 1.54 bits per heavy atom. The summed E-state index contributed by atoms with van der Waals surface area (Å²) in [5.74, 6) is -0.437. The number of fused-ring (bicyclic) bond motifs is 1. The summed E-state index contributed by atoms with van der Waals surface area (Å²) in [6, 6.07) is 3.10. The van der Waals surface area contributed by atoms with Crippen molar-refractivity contribution in [3.05, 3.63) is 28.7 Å². The first kappa shape index (κ1) is 8.69. The van der Waals surface area contributed by atoms with Gasteiger partial charge in [-0.1, -0.05) is 0 Å². The van der Waals surface area contributed by atoms with E-state index in [-0.39, 0.29) is 0 Å². The molecule has 68 valence electrons. The fourth-order valence-electron chi connectivity index (χ4n) is 1.34. The van der Waals surface area contributed by atoms with Crippen molar-refractivity contribution in [3.8, 4) is 0 Å². The Kier molecular flexibility index (Phi) is 2.07. The first-order valence-corrected chi connectivity index (χ1v) is 4.82. The SMILES string of the molecule is CCn1cc(Br)c2ccc(F)nc21. The predicted octanol–water partition coefficient (Wildman–Crippen LogP) is 2.96. The van der Waals surface area contributed by atoms with E-state index < -0.39 is 5.95 Å². The maximum atomic E-state index is 12.8. The second-order valence-electron chi connectivity index (χ2n) is 2.77. The molecule has 0 saturated carbocycles. The average Bonchev–Trinajstić information content (AvgIpc) is 2.42. The van der Waals surface area contributed by atoms with Crippen molar-refractivity contribution in [2.75, 3.05) is 0 Å². The highest BCUT2D eigenvalue weighted by Gasteiger charge is 2.06. The van der Waals surface area contributed by atoms with E-state index in [4.69, 9.17) is 0 Å². The molecule has 0 saturated heterocycles. The van der Waals surface area contributed by atoms with E-state index in [0.29, 0.717) is 5.65 Å². The van der Waals surface area contributed by atoms with Gasteiger partial charge in [0.2, 0.25) is 5.95 Å². The third-order valence-electron chi connectivity index (χ3n) is 1.98. The maximum Gasteiger partial charge on any atom is 0.214 e. The van der Waals surface area contributed by atoms with Crippen molar-refractivity contribution < 1.29 is 4.39 Å². The van der Waals surface area contributed by atoms with E-state index in [2.05, 4.69) is 20.9 Å². The van der Waals surface area contributed by atoms with Gasteiger partial charge in [0, 0.05) is 22.6 Å². The second kappa shape index (κ2) is 3.10. The van der Waals surface area contributed by atoms with Crippen molar-refractivity contribution >= 4 is 27.0 Å². The van der Waals surface area contributed by atoms with Crippen LogP contribution >= 0.6 is 15.9 Å². The number of aromatic nitrogens is 2. The topological polar surface area (TPSA) is 17.8 Å². The van der Waals surface area contributed by atoms with Gasteiger partial charge in [0.25, 0.3) is 0 Å². The van der Waals surface area contributed by atoms with Crippen LogP contribution in [0, 0.1) is 5.95 Å². The number of hydrogen-bond donors (Lipinski definition) is 0. The van der Waals surface area contributed by atoms with Gasteiger partial charge >= 0.3 is 0 Å². The molecule has 0 amide bonds. The molecule has 4 heteroatoms. The van der Waals surface area contributed by atoms with Gasteiger partial charge in [-0.2, -0.15) is 4.39 Å². The lowest BCUT2D eigenvalue weighted by atomic mass is 10.3. The minimum Gasteiger partial charge on any atom is -0.332 e. The molecule has 2 heterocycles. The van der Waals surface area contributed by atoms with Crippen LogP contribution in [0.4, 0.5) is 4.39 Å². The zero-order chi connectivity index (χ0) is 9.42. The molecule has 0 radical (unpaired) electrons. The monoisotopic (exact) mass is 242 g/mol. The van der Waals surface area contributed by atoms with E-state index in [1.807, 2.05) is 17.7 Å². The first-order chi connectivity index (χ1) is 6.22. The summed E-state index contributed by atoms with van der Waals surface area (Å²) in [6.45, 7) is 2.79. The smallest absolute Gasteiger partial charge is 0.214 e. The normalized spacial score (nSPS) is 11.0.